The first-order valence-corrected chi connectivity index (χ1v) is 7.63. The fraction of sp³-hybridized carbons (Fsp3) is 0.917. The van der Waals surface area contributed by atoms with Gasteiger partial charge in [-0.1, -0.05) is 13.8 Å². The average molecular weight is 260 g/mol. The molecular formula is C12H24N2O2S. The van der Waals surface area contributed by atoms with Crippen LogP contribution in [0.1, 0.15) is 13.8 Å². The van der Waals surface area contributed by atoms with E-state index >= 15 is 0 Å². The van der Waals surface area contributed by atoms with E-state index in [9.17, 15) is 9.90 Å². The third-order valence-corrected chi connectivity index (χ3v) is 3.77. The van der Waals surface area contributed by atoms with Crippen molar-refractivity contribution in [2.75, 3.05) is 44.7 Å². The Morgan fingerprint density at radius 1 is 1.29 bits per heavy atom. The predicted molar refractivity (Wildman–Crippen MR) is 72.2 cm³/mol. The Hall–Kier alpha value is -0.260. The van der Waals surface area contributed by atoms with Crippen molar-refractivity contribution in [3.05, 3.63) is 0 Å². The maximum absolute atomic E-state index is 11.9. The lowest BCUT2D eigenvalue weighted by atomic mass is 10.1. The number of piperazine rings is 1. The maximum Gasteiger partial charge on any atom is 0.251 e. The number of nitrogens with zero attached hydrogens (tertiary/aromatic N) is 2. The summed E-state index contributed by atoms with van der Waals surface area (Å²) in [6.07, 6.45) is 1.27. The van der Waals surface area contributed by atoms with Crippen molar-refractivity contribution in [3.8, 4) is 0 Å². The van der Waals surface area contributed by atoms with Gasteiger partial charge in [0, 0.05) is 38.5 Å². The van der Waals surface area contributed by atoms with Crippen LogP contribution in [0.3, 0.4) is 0 Å². The second kappa shape index (κ2) is 7.24. The topological polar surface area (TPSA) is 43.8 Å². The molecule has 1 unspecified atom stereocenters. The molecule has 100 valence electrons. The predicted octanol–water partition coefficient (Wildman–Crippen LogP) is 0.510. The Morgan fingerprint density at radius 3 is 2.35 bits per heavy atom. The standard InChI is InChI=1S/C12H24N2O2S/c1-10(2)11(15)12(16)14-6-4-13(5-7-14)8-9-17-3/h10-11,15H,4-9H2,1-3H3. The Bertz CT molecular complexity index is 241. The zero-order valence-electron chi connectivity index (χ0n) is 11.1. The smallest absolute Gasteiger partial charge is 0.251 e. The van der Waals surface area contributed by atoms with Gasteiger partial charge in [-0.2, -0.15) is 11.8 Å². The van der Waals surface area contributed by atoms with Gasteiger partial charge in [0.25, 0.3) is 5.91 Å². The quantitative estimate of drug-likeness (QED) is 0.782. The highest BCUT2D eigenvalue weighted by atomic mass is 32.2. The highest BCUT2D eigenvalue weighted by Gasteiger charge is 2.27. The highest BCUT2D eigenvalue weighted by molar-refractivity contribution is 7.98. The third-order valence-electron chi connectivity index (χ3n) is 3.18. The minimum absolute atomic E-state index is 0.00276. The lowest BCUT2D eigenvalue weighted by Gasteiger charge is -2.36. The lowest BCUT2D eigenvalue weighted by molar-refractivity contribution is -0.144. The van der Waals surface area contributed by atoms with Crippen LogP contribution in [0.5, 0.6) is 0 Å². The molecule has 0 aliphatic carbocycles. The maximum atomic E-state index is 11.9. The molecule has 1 saturated heterocycles. The van der Waals surface area contributed by atoms with E-state index in [-0.39, 0.29) is 11.8 Å². The summed E-state index contributed by atoms with van der Waals surface area (Å²) in [7, 11) is 0. The van der Waals surface area contributed by atoms with Gasteiger partial charge in [0.05, 0.1) is 0 Å². The van der Waals surface area contributed by atoms with Gasteiger partial charge in [0.2, 0.25) is 0 Å². The Balaban J connectivity index is 2.33. The molecule has 0 saturated carbocycles. The van der Waals surface area contributed by atoms with E-state index in [1.165, 1.54) is 0 Å². The summed E-state index contributed by atoms with van der Waals surface area (Å²) in [4.78, 5) is 16.1. The van der Waals surface area contributed by atoms with Gasteiger partial charge < -0.3 is 10.0 Å². The normalized spacial score (nSPS) is 19.7. The van der Waals surface area contributed by atoms with E-state index in [0.717, 1.165) is 38.5 Å². The summed E-state index contributed by atoms with van der Waals surface area (Å²) in [5.74, 6) is 1.03. The van der Waals surface area contributed by atoms with Crippen molar-refractivity contribution in [1.82, 2.24) is 9.80 Å². The third kappa shape index (κ3) is 4.48. The summed E-state index contributed by atoms with van der Waals surface area (Å²) in [6.45, 7) is 8.19. The van der Waals surface area contributed by atoms with Gasteiger partial charge in [0.1, 0.15) is 6.10 Å². The Labute approximate surface area is 108 Å². The molecular weight excluding hydrogens is 236 g/mol. The number of hydrogen-bond acceptors (Lipinski definition) is 4. The molecule has 17 heavy (non-hydrogen) atoms. The second-order valence-electron chi connectivity index (χ2n) is 4.85. The van der Waals surface area contributed by atoms with Crippen molar-refractivity contribution in [1.29, 1.82) is 0 Å². The zero-order chi connectivity index (χ0) is 12.8. The van der Waals surface area contributed by atoms with Crippen LogP contribution in [0.4, 0.5) is 0 Å². The first-order chi connectivity index (χ1) is 8.06. The summed E-state index contributed by atoms with van der Waals surface area (Å²) >= 11 is 1.85. The van der Waals surface area contributed by atoms with Gasteiger partial charge in [0.15, 0.2) is 0 Å². The zero-order valence-corrected chi connectivity index (χ0v) is 11.9. The van der Waals surface area contributed by atoms with Crippen LogP contribution in [0.2, 0.25) is 0 Å². The summed E-state index contributed by atoms with van der Waals surface area (Å²) < 4.78 is 0. The van der Waals surface area contributed by atoms with Gasteiger partial charge >= 0.3 is 0 Å². The van der Waals surface area contributed by atoms with E-state index in [1.54, 1.807) is 4.90 Å². The Kier molecular flexibility index (Phi) is 6.30. The molecule has 4 nitrogen and oxygen atoms in total. The number of aliphatic hydroxyl groups excluding tert-OH is 1. The van der Waals surface area contributed by atoms with Crippen LogP contribution >= 0.6 is 11.8 Å². The molecule has 1 rings (SSSR count). The highest BCUT2D eigenvalue weighted by Crippen LogP contribution is 2.09. The van der Waals surface area contributed by atoms with Crippen LogP contribution in [0.15, 0.2) is 0 Å². The van der Waals surface area contributed by atoms with Gasteiger partial charge in [-0.3, -0.25) is 9.69 Å². The van der Waals surface area contributed by atoms with Gasteiger partial charge in [-0.05, 0) is 12.2 Å². The fourth-order valence-electron chi connectivity index (χ4n) is 1.88. The Morgan fingerprint density at radius 2 is 1.88 bits per heavy atom. The molecule has 1 aliphatic heterocycles. The van der Waals surface area contributed by atoms with Crippen molar-refractivity contribution >= 4 is 17.7 Å². The molecule has 0 spiro atoms. The molecule has 0 radical (unpaired) electrons. The van der Waals surface area contributed by atoms with Gasteiger partial charge in [-0.15, -0.1) is 0 Å². The number of aliphatic hydroxyl groups is 1. The molecule has 0 aromatic carbocycles. The van der Waals surface area contributed by atoms with Crippen molar-refractivity contribution in [3.63, 3.8) is 0 Å². The SMILES string of the molecule is CSCCN1CCN(C(=O)C(O)C(C)C)CC1. The first-order valence-electron chi connectivity index (χ1n) is 6.24. The minimum Gasteiger partial charge on any atom is -0.383 e. The molecule has 1 atom stereocenters. The van der Waals surface area contributed by atoms with E-state index in [2.05, 4.69) is 11.2 Å². The number of hydrogen-bond donors (Lipinski definition) is 1. The van der Waals surface area contributed by atoms with Crippen LogP contribution in [0, 0.1) is 5.92 Å². The van der Waals surface area contributed by atoms with E-state index < -0.39 is 6.10 Å². The van der Waals surface area contributed by atoms with Crippen LogP contribution < -0.4 is 0 Å². The molecule has 5 heteroatoms. The van der Waals surface area contributed by atoms with E-state index in [4.69, 9.17) is 0 Å². The molecule has 1 N–H and O–H groups in total. The minimum atomic E-state index is -0.840. The molecule has 1 fully saturated rings. The number of amides is 1. The molecule has 0 aromatic rings. The molecule has 1 heterocycles. The number of carbonyl (C=O) groups is 1. The van der Waals surface area contributed by atoms with Crippen molar-refractivity contribution < 1.29 is 9.90 Å². The number of rotatable bonds is 5. The molecule has 1 amide bonds. The molecule has 1 aliphatic rings. The van der Waals surface area contributed by atoms with E-state index in [0.29, 0.717) is 0 Å². The largest absolute Gasteiger partial charge is 0.383 e. The van der Waals surface area contributed by atoms with Crippen molar-refractivity contribution in [2.45, 2.75) is 20.0 Å². The van der Waals surface area contributed by atoms with Crippen LogP contribution in [-0.2, 0) is 4.79 Å². The van der Waals surface area contributed by atoms with Crippen molar-refractivity contribution in [2.24, 2.45) is 5.92 Å². The lowest BCUT2D eigenvalue weighted by Crippen LogP contribution is -2.52. The summed E-state index contributed by atoms with van der Waals surface area (Å²) in [5.41, 5.74) is 0. The van der Waals surface area contributed by atoms with Gasteiger partial charge in [-0.25, -0.2) is 0 Å². The van der Waals surface area contributed by atoms with E-state index in [1.807, 2.05) is 25.6 Å². The number of carbonyl (C=O) groups excluding carboxylic acids is 1. The molecule has 0 bridgehead atoms. The monoisotopic (exact) mass is 260 g/mol. The van der Waals surface area contributed by atoms with Crippen LogP contribution in [0.25, 0.3) is 0 Å². The fourth-order valence-corrected chi connectivity index (χ4v) is 2.33. The molecule has 0 aromatic heterocycles. The average Bonchev–Trinajstić information content (AvgIpc) is 2.35. The summed E-state index contributed by atoms with van der Waals surface area (Å²) in [5, 5.41) is 9.75. The second-order valence-corrected chi connectivity index (χ2v) is 5.83. The summed E-state index contributed by atoms with van der Waals surface area (Å²) in [6, 6.07) is 0. The van der Waals surface area contributed by atoms with Crippen LogP contribution in [-0.4, -0.2) is 71.6 Å². The number of thioether (sulfide) groups is 1. The first kappa shape index (κ1) is 14.8.